The first kappa shape index (κ1) is 44.3. The van der Waals surface area contributed by atoms with Crippen molar-refractivity contribution in [1.29, 1.82) is 0 Å². The van der Waals surface area contributed by atoms with Crippen LogP contribution in [-0.2, 0) is 25.8 Å². The Morgan fingerprint density at radius 1 is 0.982 bits per heavy atom. The third-order valence-corrected chi connectivity index (χ3v) is 7.68. The molecule has 4 rings (SSSR count). The van der Waals surface area contributed by atoms with Gasteiger partial charge in [-0.15, -0.1) is 17.8 Å². The number of fused-ring (bicyclic) bond motifs is 1. The second kappa shape index (κ2) is 28.7. The van der Waals surface area contributed by atoms with Crippen molar-refractivity contribution in [2.45, 2.75) is 39.2 Å². The first-order valence-electron chi connectivity index (χ1n) is 16.3. The average Bonchev–Trinajstić information content (AvgIpc) is 3.70. The Bertz CT molecular complexity index is 2550. The van der Waals surface area contributed by atoms with Crippen molar-refractivity contribution in [1.82, 2.24) is 26.1 Å². The van der Waals surface area contributed by atoms with Gasteiger partial charge in [-0.3, -0.25) is 10.6 Å². The van der Waals surface area contributed by atoms with E-state index in [9.17, 15) is 9.70 Å². The van der Waals surface area contributed by atoms with E-state index >= 15 is 0 Å². The summed E-state index contributed by atoms with van der Waals surface area (Å²) in [5.74, 6) is 52.5. The van der Waals surface area contributed by atoms with E-state index in [1.54, 1.807) is 18.7 Å². The SMILES string of the molecule is C#CC#CC#CC#CC#CC#CC#CC#CC#CC#CC.NN=NN[N+](=O)[S-].Nc1nccc2cc(CNC(=O)c3nc(CCC4CCNCC4)cs3)ccc12.[HH].[HH].[HH].[HH].[HH].[HH].[HH].[HH].[HH].[HH]. The number of nitrogens with one attached hydrogen (secondary N) is 3. The second-order valence-corrected chi connectivity index (χ2v) is 11.6. The number of carbonyl (C=O) groups is 1. The van der Waals surface area contributed by atoms with Gasteiger partial charge in [0.2, 0.25) is 0 Å². The maximum absolute atomic E-state index is 12.5. The molecule has 3 heterocycles. The molecule has 3 aromatic rings. The van der Waals surface area contributed by atoms with E-state index in [4.69, 9.17) is 12.2 Å². The summed E-state index contributed by atoms with van der Waals surface area (Å²) in [4.78, 5) is 30.7. The summed E-state index contributed by atoms with van der Waals surface area (Å²) < 4.78 is -0.0453. The fourth-order valence-electron chi connectivity index (χ4n) is 4.30. The highest BCUT2D eigenvalue weighted by Crippen LogP contribution is 2.21. The topological polar surface area (TPSA) is 176 Å². The van der Waals surface area contributed by atoms with E-state index in [-0.39, 0.29) is 24.4 Å². The van der Waals surface area contributed by atoms with Crippen LogP contribution in [0.5, 0.6) is 0 Å². The number of nitrogen functional groups attached to an aromatic ring is 1. The van der Waals surface area contributed by atoms with E-state index in [0.29, 0.717) is 17.4 Å². The molecule has 0 unspecified atom stereocenters. The van der Waals surface area contributed by atoms with E-state index in [1.807, 2.05) is 29.6 Å². The van der Waals surface area contributed by atoms with Crippen LogP contribution in [0.1, 0.15) is 61.5 Å². The van der Waals surface area contributed by atoms with Gasteiger partial charge < -0.3 is 29.2 Å². The van der Waals surface area contributed by atoms with Gasteiger partial charge in [-0.1, -0.05) is 27.2 Å². The number of hydrogen-bond acceptors (Lipinski definition) is 10. The molecule has 0 aliphatic carbocycles. The molecule has 1 fully saturated rings. The zero-order chi connectivity index (χ0) is 40.5. The number of carbonyl (C=O) groups excluding carboxylic acids is 1. The number of hydrazine groups is 1. The Morgan fingerprint density at radius 2 is 1.57 bits per heavy atom. The fourth-order valence-corrected chi connectivity index (χ4v) is 5.10. The molecule has 1 saturated heterocycles. The number of nitrogens with two attached hydrogens (primary N) is 2. The third kappa shape index (κ3) is 20.2. The third-order valence-electron chi connectivity index (χ3n) is 6.71. The lowest BCUT2D eigenvalue weighted by atomic mass is 9.93. The second-order valence-electron chi connectivity index (χ2n) is 10.4. The van der Waals surface area contributed by atoms with E-state index in [1.165, 1.54) is 24.2 Å². The summed E-state index contributed by atoms with van der Waals surface area (Å²) in [7, 11) is 0. The van der Waals surface area contributed by atoms with Crippen LogP contribution in [-0.4, -0.2) is 33.2 Å². The normalized spacial score (nSPS) is 10.1. The van der Waals surface area contributed by atoms with Gasteiger partial charge in [0.1, 0.15) is 5.82 Å². The van der Waals surface area contributed by atoms with Crippen LogP contribution in [0.4, 0.5) is 5.82 Å². The number of piperidine rings is 1. The molecule has 2 aromatic heterocycles. The maximum atomic E-state index is 12.5. The molecule has 1 aliphatic rings. The lowest BCUT2D eigenvalue weighted by Crippen LogP contribution is -2.27. The van der Waals surface area contributed by atoms with Crippen LogP contribution < -0.4 is 27.7 Å². The molecule has 1 aromatic carbocycles. The molecule has 0 bridgehead atoms. The van der Waals surface area contributed by atoms with Gasteiger partial charge in [0, 0.05) is 49.6 Å². The Hall–Kier alpha value is -7.89. The number of nitroso groups, excluding NO2 is 1. The van der Waals surface area contributed by atoms with Gasteiger partial charge in [0.15, 0.2) is 10.2 Å². The maximum Gasteiger partial charge on any atom is 0.280 e. The van der Waals surface area contributed by atoms with Gasteiger partial charge in [0.05, 0.1) is 10.9 Å². The standard InChI is InChI=1S/C21H25N5OS.C21H4.H3N5OS.10H2/c22-19-18-4-2-15(11-16(18)7-10-24-19)12-25-20(27)21-26-17(13-28-21)3-1-14-5-8-23-9-6-14;1-3-5-7-9-11-13-15-17-19-21-20-18-16-14-12-10-8-6-4-2;1-2-3-4-5(6)7;;;;;;;;;;/h2,4,7,10-11,13-14,23H,1,3,5-6,8-9,12H2,(H2,22,24)(H,25,27);1H,2H3;(H2,1,3)(H,2,4,6,7);10*1H. The van der Waals surface area contributed by atoms with Gasteiger partial charge in [0.25, 0.3) is 5.91 Å². The molecule has 294 valence electrons. The Morgan fingerprint density at radius 3 is 2.11 bits per heavy atom. The zero-order valence-corrected chi connectivity index (χ0v) is 31.7. The number of aryl methyl sites for hydroxylation is 1. The minimum atomic E-state index is -0.118. The predicted octanol–water partition coefficient (Wildman–Crippen LogP) is 5.24. The summed E-state index contributed by atoms with van der Waals surface area (Å²) in [6.07, 6.45) is 11.2. The molecule has 0 radical (unpaired) electrons. The minimum absolute atomic E-state index is 0. The van der Waals surface area contributed by atoms with Crippen LogP contribution in [0, 0.1) is 130 Å². The van der Waals surface area contributed by atoms with Crippen LogP contribution >= 0.6 is 11.3 Å². The van der Waals surface area contributed by atoms with Gasteiger partial charge >= 0.3 is 0 Å². The number of hydrogen-bond donors (Lipinski definition) is 5. The van der Waals surface area contributed by atoms with E-state index in [0.717, 1.165) is 53.9 Å². The van der Waals surface area contributed by atoms with E-state index in [2.05, 4.69) is 162 Å². The zero-order valence-electron chi connectivity index (χ0n) is 30.1. The highest BCUT2D eigenvalue weighted by atomic mass is 32.1. The summed E-state index contributed by atoms with van der Waals surface area (Å²) in [5.41, 5.74) is 9.66. The minimum Gasteiger partial charge on any atom is -0.478 e. The number of rotatable bonds is 8. The molecule has 7 N–H and O–H groups in total. The summed E-state index contributed by atoms with van der Waals surface area (Å²) in [6, 6.07) is 7.86. The number of amides is 1. The lowest BCUT2D eigenvalue weighted by molar-refractivity contribution is -0.444. The van der Waals surface area contributed by atoms with Gasteiger partial charge in [-0.25, -0.2) is 9.97 Å². The van der Waals surface area contributed by atoms with Crippen molar-refractivity contribution in [3.63, 3.8) is 0 Å². The molecule has 1 aliphatic heterocycles. The number of anilines is 1. The molecule has 1 amide bonds. The number of terminal acetylenes is 1. The van der Waals surface area contributed by atoms with Crippen LogP contribution in [0.25, 0.3) is 10.8 Å². The summed E-state index contributed by atoms with van der Waals surface area (Å²) in [6.45, 7) is 4.39. The van der Waals surface area contributed by atoms with Crippen molar-refractivity contribution < 1.29 is 23.3 Å². The number of benzene rings is 1. The first-order chi connectivity index (χ1) is 27.4. The van der Waals surface area contributed by atoms with Crippen LogP contribution in [0.3, 0.4) is 0 Å². The summed E-state index contributed by atoms with van der Waals surface area (Å²) in [5, 5.41) is 16.4. The highest BCUT2D eigenvalue weighted by molar-refractivity contribution is 7.51. The fraction of sp³-hybridized carbons (Fsp3) is 0.214. The highest BCUT2D eigenvalue weighted by Gasteiger charge is 2.15. The van der Waals surface area contributed by atoms with Crippen molar-refractivity contribution in [3.8, 4) is 119 Å². The van der Waals surface area contributed by atoms with E-state index < -0.39 is 0 Å². The molecule has 0 spiro atoms. The Kier molecular flexibility index (Phi) is 22.7. The molecule has 12 nitrogen and oxygen atoms in total. The van der Waals surface area contributed by atoms with Crippen molar-refractivity contribution in [2.75, 3.05) is 18.8 Å². The lowest BCUT2D eigenvalue weighted by Gasteiger charge is -2.21. The summed E-state index contributed by atoms with van der Waals surface area (Å²) >= 11 is 5.33. The quantitative estimate of drug-likeness (QED) is 0.0511. The monoisotopic (exact) mass is 792 g/mol. The molecule has 0 saturated carbocycles. The molecule has 0 atom stereocenters. The van der Waals surface area contributed by atoms with Crippen LogP contribution in [0.15, 0.2) is 46.3 Å². The van der Waals surface area contributed by atoms with Crippen LogP contribution in [0.2, 0.25) is 0 Å². The average molecular weight is 793 g/mol. The van der Waals surface area contributed by atoms with Gasteiger partial charge in [-0.05, 0) is 175 Å². The van der Waals surface area contributed by atoms with Crippen molar-refractivity contribution in [3.05, 3.63) is 57.0 Å². The number of nitrogens with zero attached hydrogens (tertiary/aromatic N) is 5. The smallest absolute Gasteiger partial charge is 0.280 e. The van der Waals surface area contributed by atoms with Crippen molar-refractivity contribution in [2.24, 2.45) is 22.2 Å². The predicted molar refractivity (Wildman–Crippen MR) is 242 cm³/mol. The number of pyridine rings is 1. The molecular weight excluding hydrogens is 741 g/mol. The first-order valence-corrected chi connectivity index (χ1v) is 17.6. The molecule has 14 heteroatoms. The number of aromatic nitrogens is 2. The molecule has 56 heavy (non-hydrogen) atoms. The van der Waals surface area contributed by atoms with Gasteiger partial charge in [-0.2, -0.15) is 0 Å². The van der Waals surface area contributed by atoms with Crippen molar-refractivity contribution >= 4 is 46.6 Å². The number of thiazole rings is 1. The Balaban J connectivity index is -0.000000111. The Labute approximate surface area is 351 Å². The molecular formula is C42H52N10O2S2. The largest absolute Gasteiger partial charge is 0.478 e.